The summed E-state index contributed by atoms with van der Waals surface area (Å²) in [5.74, 6) is -1.45. The molecule has 1 rings (SSSR count). The SMILES string of the molecule is O=C(O)C1C=CCS1(=O)=O. The molecule has 1 atom stereocenters. The normalized spacial score (nSPS) is 28.6. The van der Waals surface area contributed by atoms with Gasteiger partial charge in [-0.2, -0.15) is 0 Å². The van der Waals surface area contributed by atoms with Crippen LogP contribution < -0.4 is 0 Å². The molecular formula is C5H6O4S. The average Bonchev–Trinajstić information content (AvgIpc) is 2.08. The maximum Gasteiger partial charge on any atom is 0.325 e. The van der Waals surface area contributed by atoms with Gasteiger partial charge in [0.15, 0.2) is 15.1 Å². The minimum absolute atomic E-state index is 0.149. The van der Waals surface area contributed by atoms with Gasteiger partial charge >= 0.3 is 5.97 Å². The Hall–Kier alpha value is -0.840. The summed E-state index contributed by atoms with van der Waals surface area (Å²) < 4.78 is 21.5. The van der Waals surface area contributed by atoms with Crippen LogP contribution in [0, 0.1) is 0 Å². The number of carbonyl (C=O) groups is 1. The van der Waals surface area contributed by atoms with Crippen molar-refractivity contribution in [1.29, 1.82) is 0 Å². The molecule has 0 aromatic rings. The molecule has 0 spiro atoms. The van der Waals surface area contributed by atoms with Gasteiger partial charge in [0.1, 0.15) is 0 Å². The summed E-state index contributed by atoms with van der Waals surface area (Å²) in [4.78, 5) is 10.2. The smallest absolute Gasteiger partial charge is 0.325 e. The standard InChI is InChI=1S/C5H6O4S/c6-5(7)4-2-1-3-10(4,8)9/h1-2,4H,3H2,(H,6,7). The van der Waals surface area contributed by atoms with E-state index in [-0.39, 0.29) is 5.75 Å². The molecular weight excluding hydrogens is 156 g/mol. The Bertz CT molecular complexity index is 274. The molecule has 5 heteroatoms. The van der Waals surface area contributed by atoms with Crippen molar-refractivity contribution in [3.8, 4) is 0 Å². The van der Waals surface area contributed by atoms with Crippen molar-refractivity contribution in [2.75, 3.05) is 5.75 Å². The predicted molar refractivity (Wildman–Crippen MR) is 34.4 cm³/mol. The Morgan fingerprint density at radius 1 is 1.60 bits per heavy atom. The molecule has 1 aliphatic heterocycles. The third-order valence-electron chi connectivity index (χ3n) is 1.27. The fourth-order valence-corrected chi connectivity index (χ4v) is 2.02. The Labute approximate surface area is 58.1 Å². The molecule has 0 aliphatic carbocycles. The van der Waals surface area contributed by atoms with Crippen LogP contribution in [0.3, 0.4) is 0 Å². The van der Waals surface area contributed by atoms with Gasteiger partial charge in [-0.15, -0.1) is 0 Å². The topological polar surface area (TPSA) is 71.4 Å². The predicted octanol–water partition coefficient (Wildman–Crippen LogP) is -0.576. The molecule has 1 aliphatic rings. The zero-order valence-electron chi connectivity index (χ0n) is 5.02. The van der Waals surface area contributed by atoms with E-state index < -0.39 is 21.1 Å². The lowest BCUT2D eigenvalue weighted by molar-refractivity contribution is -0.135. The van der Waals surface area contributed by atoms with Crippen LogP contribution in [0.4, 0.5) is 0 Å². The number of aliphatic carboxylic acids is 1. The van der Waals surface area contributed by atoms with E-state index in [1.165, 1.54) is 12.2 Å². The van der Waals surface area contributed by atoms with Gasteiger partial charge in [0.05, 0.1) is 5.75 Å². The highest BCUT2D eigenvalue weighted by Crippen LogP contribution is 2.11. The van der Waals surface area contributed by atoms with Gasteiger partial charge in [0.2, 0.25) is 0 Å². The van der Waals surface area contributed by atoms with Crippen molar-refractivity contribution < 1.29 is 18.3 Å². The molecule has 0 amide bonds. The van der Waals surface area contributed by atoms with Crippen LogP contribution in [0.2, 0.25) is 0 Å². The Morgan fingerprint density at radius 2 is 2.20 bits per heavy atom. The van der Waals surface area contributed by atoms with E-state index in [2.05, 4.69) is 0 Å². The summed E-state index contributed by atoms with van der Waals surface area (Å²) in [5, 5.41) is 7.01. The van der Waals surface area contributed by atoms with Crippen LogP contribution in [0.5, 0.6) is 0 Å². The third-order valence-corrected chi connectivity index (χ3v) is 3.06. The first-order valence-electron chi connectivity index (χ1n) is 2.65. The van der Waals surface area contributed by atoms with Gasteiger partial charge in [-0.1, -0.05) is 12.2 Å². The highest BCUT2D eigenvalue weighted by atomic mass is 32.2. The molecule has 0 aromatic carbocycles. The molecule has 0 aromatic heterocycles. The fraction of sp³-hybridized carbons (Fsp3) is 0.400. The number of sulfone groups is 1. The van der Waals surface area contributed by atoms with Gasteiger partial charge < -0.3 is 5.11 Å². The largest absolute Gasteiger partial charge is 0.480 e. The Balaban J connectivity index is 2.99. The van der Waals surface area contributed by atoms with Crippen LogP contribution in [0.25, 0.3) is 0 Å². The first-order chi connectivity index (χ1) is 4.54. The van der Waals surface area contributed by atoms with Crippen molar-refractivity contribution in [2.24, 2.45) is 0 Å². The summed E-state index contributed by atoms with van der Waals surface area (Å²) in [6, 6.07) is 0. The molecule has 1 N–H and O–H groups in total. The van der Waals surface area contributed by atoms with Crippen molar-refractivity contribution in [1.82, 2.24) is 0 Å². The first kappa shape index (κ1) is 7.27. The summed E-state index contributed by atoms with van der Waals surface area (Å²) in [5.41, 5.74) is 0. The average molecular weight is 162 g/mol. The highest BCUT2D eigenvalue weighted by Gasteiger charge is 2.32. The van der Waals surface area contributed by atoms with E-state index in [0.717, 1.165) is 0 Å². The molecule has 0 bridgehead atoms. The van der Waals surface area contributed by atoms with Gasteiger partial charge in [-0.3, -0.25) is 4.79 Å². The molecule has 0 saturated heterocycles. The van der Waals surface area contributed by atoms with Gasteiger partial charge in [-0.25, -0.2) is 8.42 Å². The molecule has 4 nitrogen and oxygen atoms in total. The summed E-state index contributed by atoms with van der Waals surface area (Å²) in [6.45, 7) is 0. The molecule has 56 valence electrons. The summed E-state index contributed by atoms with van der Waals surface area (Å²) >= 11 is 0. The van der Waals surface area contributed by atoms with Crippen LogP contribution in [-0.4, -0.2) is 30.5 Å². The van der Waals surface area contributed by atoms with Crippen molar-refractivity contribution in [2.45, 2.75) is 5.25 Å². The summed E-state index contributed by atoms with van der Waals surface area (Å²) in [7, 11) is -3.40. The minimum Gasteiger partial charge on any atom is -0.480 e. The van der Waals surface area contributed by atoms with Crippen molar-refractivity contribution in [3.63, 3.8) is 0 Å². The lowest BCUT2D eigenvalue weighted by atomic mass is 10.4. The minimum atomic E-state index is -3.40. The van der Waals surface area contributed by atoms with Crippen LogP contribution in [0.15, 0.2) is 12.2 Å². The molecule has 1 heterocycles. The molecule has 1 unspecified atom stereocenters. The van der Waals surface area contributed by atoms with Crippen LogP contribution in [0.1, 0.15) is 0 Å². The van der Waals surface area contributed by atoms with E-state index >= 15 is 0 Å². The zero-order chi connectivity index (χ0) is 7.78. The van der Waals surface area contributed by atoms with Crippen molar-refractivity contribution in [3.05, 3.63) is 12.2 Å². The second-order valence-electron chi connectivity index (χ2n) is 2.02. The number of hydrogen-bond donors (Lipinski definition) is 1. The van der Waals surface area contributed by atoms with Gasteiger partial charge in [0.25, 0.3) is 0 Å². The number of hydrogen-bond acceptors (Lipinski definition) is 3. The van der Waals surface area contributed by atoms with Crippen molar-refractivity contribution >= 4 is 15.8 Å². The first-order valence-corrected chi connectivity index (χ1v) is 4.36. The zero-order valence-corrected chi connectivity index (χ0v) is 5.84. The second kappa shape index (κ2) is 2.09. The van der Waals surface area contributed by atoms with E-state index in [1.54, 1.807) is 0 Å². The maximum atomic E-state index is 10.8. The van der Waals surface area contributed by atoms with E-state index in [0.29, 0.717) is 0 Å². The lowest BCUT2D eigenvalue weighted by Crippen LogP contribution is -2.25. The fourth-order valence-electron chi connectivity index (χ4n) is 0.773. The van der Waals surface area contributed by atoms with E-state index in [4.69, 9.17) is 5.11 Å². The molecule has 0 fully saturated rings. The molecule has 0 saturated carbocycles. The van der Waals surface area contributed by atoms with E-state index in [1.807, 2.05) is 0 Å². The third kappa shape index (κ3) is 1.04. The molecule has 10 heavy (non-hydrogen) atoms. The Morgan fingerprint density at radius 3 is 2.40 bits per heavy atom. The lowest BCUT2D eigenvalue weighted by Gasteiger charge is -1.99. The number of carboxylic acids is 1. The Kier molecular flexibility index (Phi) is 1.52. The van der Waals surface area contributed by atoms with Crippen LogP contribution >= 0.6 is 0 Å². The van der Waals surface area contributed by atoms with E-state index in [9.17, 15) is 13.2 Å². The number of rotatable bonds is 1. The quantitative estimate of drug-likeness (QED) is 0.524. The summed E-state index contributed by atoms with van der Waals surface area (Å²) in [6.07, 6.45) is 2.55. The number of carboxylic acid groups (broad SMARTS) is 1. The second-order valence-corrected chi connectivity index (χ2v) is 4.18. The van der Waals surface area contributed by atoms with Gasteiger partial charge in [0, 0.05) is 0 Å². The monoisotopic (exact) mass is 162 g/mol. The molecule has 0 radical (unpaired) electrons. The highest BCUT2D eigenvalue weighted by molar-refractivity contribution is 7.93. The maximum absolute atomic E-state index is 10.8. The van der Waals surface area contributed by atoms with Gasteiger partial charge in [-0.05, 0) is 0 Å². The van der Waals surface area contributed by atoms with Crippen LogP contribution in [-0.2, 0) is 14.6 Å².